The van der Waals surface area contributed by atoms with Gasteiger partial charge in [0.2, 0.25) is 0 Å². The molecule has 3 N–H and O–H groups in total. The Balaban J connectivity index is 1.30. The van der Waals surface area contributed by atoms with Gasteiger partial charge in [-0.05, 0) is 42.9 Å². The fourth-order valence-electron chi connectivity index (χ4n) is 4.02. The van der Waals surface area contributed by atoms with E-state index < -0.39 is 17.6 Å². The van der Waals surface area contributed by atoms with Gasteiger partial charge in [0.1, 0.15) is 11.5 Å². The third-order valence-electron chi connectivity index (χ3n) is 6.20. The minimum Gasteiger partial charge on any atom is -0.349 e. The maximum Gasteiger partial charge on any atom is 0.276 e. The van der Waals surface area contributed by atoms with E-state index in [-0.39, 0.29) is 34.2 Å². The van der Waals surface area contributed by atoms with Crippen LogP contribution in [-0.4, -0.2) is 83.7 Å². The number of anilines is 1. The Kier molecular flexibility index (Phi) is 8.65. The lowest BCUT2D eigenvalue weighted by Crippen LogP contribution is -2.47. The number of rotatable bonds is 9. The molecule has 37 heavy (non-hydrogen) atoms. The van der Waals surface area contributed by atoms with Crippen molar-refractivity contribution in [1.29, 1.82) is 0 Å². The highest BCUT2D eigenvalue weighted by Crippen LogP contribution is 2.20. The molecule has 0 bridgehead atoms. The summed E-state index contributed by atoms with van der Waals surface area (Å²) in [5, 5.41) is 5.62. The van der Waals surface area contributed by atoms with Crippen LogP contribution >= 0.6 is 11.6 Å². The highest BCUT2D eigenvalue weighted by molar-refractivity contribution is 6.34. The number of benzene rings is 2. The van der Waals surface area contributed by atoms with E-state index in [1.54, 1.807) is 24.3 Å². The summed E-state index contributed by atoms with van der Waals surface area (Å²) in [6, 6.07) is 10.3. The molecular weight excluding hydrogens is 499 g/mol. The van der Waals surface area contributed by atoms with Gasteiger partial charge in [-0.25, -0.2) is 9.37 Å². The molecule has 1 aliphatic heterocycles. The number of piperazine rings is 1. The first-order valence-electron chi connectivity index (χ1n) is 11.9. The quantitative estimate of drug-likeness (QED) is 0.370. The summed E-state index contributed by atoms with van der Waals surface area (Å²) in [6.45, 7) is 5.11. The number of H-pyrrole nitrogens is 1. The number of hydrogen-bond acceptors (Lipinski definition) is 6. The maximum atomic E-state index is 13.2. The van der Waals surface area contributed by atoms with Crippen molar-refractivity contribution in [2.24, 2.45) is 0 Å². The van der Waals surface area contributed by atoms with E-state index in [0.29, 0.717) is 17.8 Å². The summed E-state index contributed by atoms with van der Waals surface area (Å²) in [5.41, 5.74) is 1.50. The van der Waals surface area contributed by atoms with Crippen LogP contribution in [0.1, 0.15) is 36.9 Å². The van der Waals surface area contributed by atoms with E-state index in [2.05, 4.69) is 37.4 Å². The second-order valence-corrected chi connectivity index (χ2v) is 9.31. The molecule has 2 heterocycles. The van der Waals surface area contributed by atoms with E-state index in [0.717, 1.165) is 38.8 Å². The molecule has 2 amide bonds. The Morgan fingerprint density at radius 3 is 2.49 bits per heavy atom. The number of imidazole rings is 1. The zero-order valence-electron chi connectivity index (χ0n) is 20.4. The number of nitrogens with one attached hydrogen (secondary N) is 3. The third-order valence-corrected chi connectivity index (χ3v) is 6.51. The summed E-state index contributed by atoms with van der Waals surface area (Å²) < 4.78 is 13.2. The molecule has 1 aromatic heterocycles. The molecule has 2 aromatic carbocycles. The van der Waals surface area contributed by atoms with Crippen LogP contribution in [0.4, 0.5) is 10.1 Å². The summed E-state index contributed by atoms with van der Waals surface area (Å²) in [4.78, 5) is 49.2. The largest absolute Gasteiger partial charge is 0.349 e. The number of likely N-dealkylation sites (N-methyl/N-ethyl adjacent to an activating group) is 1. The third kappa shape index (κ3) is 7.00. The normalized spacial score (nSPS) is 14.4. The summed E-state index contributed by atoms with van der Waals surface area (Å²) >= 11 is 5.98. The molecule has 0 aliphatic carbocycles. The number of Topliss-reactive ketones (excluding diaryl/α,β-unsaturated/α-hetero) is 1. The Bertz CT molecular complexity index is 1270. The van der Waals surface area contributed by atoms with Crippen LogP contribution in [0.3, 0.4) is 0 Å². The molecule has 11 heteroatoms. The standard InChI is InChI=1S/C26H28ClFN6O3/c1-33-10-12-34(13-11-33)9-8-29-25(36)23-24(31-16-30-23)26(37)32-19-5-2-17(3-6-19)14-22(35)20-7-4-18(28)15-21(20)27/h2-7,15-16H,8-14H2,1H3,(H,29,36)(H,30,31)(H,32,37). The molecule has 194 valence electrons. The molecule has 1 fully saturated rings. The molecule has 0 unspecified atom stereocenters. The number of halogens is 2. The molecule has 1 saturated heterocycles. The Hall–Kier alpha value is -3.60. The molecule has 0 radical (unpaired) electrons. The van der Waals surface area contributed by atoms with Crippen LogP contribution in [0.5, 0.6) is 0 Å². The molecule has 9 nitrogen and oxygen atoms in total. The van der Waals surface area contributed by atoms with Crippen molar-refractivity contribution in [3.05, 3.63) is 82.1 Å². The highest BCUT2D eigenvalue weighted by Gasteiger charge is 2.21. The van der Waals surface area contributed by atoms with Gasteiger partial charge in [0.25, 0.3) is 11.8 Å². The predicted molar refractivity (Wildman–Crippen MR) is 139 cm³/mol. The lowest BCUT2D eigenvalue weighted by Gasteiger charge is -2.32. The fraction of sp³-hybridized carbons (Fsp3) is 0.308. The first-order chi connectivity index (χ1) is 17.8. The van der Waals surface area contributed by atoms with Crippen LogP contribution in [0, 0.1) is 5.82 Å². The Morgan fingerprint density at radius 1 is 1.05 bits per heavy atom. The minimum absolute atomic E-state index is 0.0118. The number of carbonyl (C=O) groups is 3. The van der Waals surface area contributed by atoms with Crippen molar-refractivity contribution >= 4 is 34.9 Å². The van der Waals surface area contributed by atoms with Gasteiger partial charge in [-0.3, -0.25) is 19.3 Å². The van der Waals surface area contributed by atoms with E-state index in [9.17, 15) is 18.8 Å². The lowest BCUT2D eigenvalue weighted by molar-refractivity contribution is 0.0924. The highest BCUT2D eigenvalue weighted by atomic mass is 35.5. The predicted octanol–water partition coefficient (Wildman–Crippen LogP) is 2.86. The van der Waals surface area contributed by atoms with Crippen LogP contribution < -0.4 is 10.6 Å². The van der Waals surface area contributed by atoms with Crippen molar-refractivity contribution in [2.45, 2.75) is 6.42 Å². The van der Waals surface area contributed by atoms with Crippen molar-refractivity contribution in [3.8, 4) is 0 Å². The van der Waals surface area contributed by atoms with Crippen LogP contribution in [0.2, 0.25) is 5.02 Å². The second kappa shape index (κ2) is 12.1. The van der Waals surface area contributed by atoms with Gasteiger partial charge in [0.05, 0.1) is 11.3 Å². The summed E-state index contributed by atoms with van der Waals surface area (Å²) in [7, 11) is 2.09. The van der Waals surface area contributed by atoms with Gasteiger partial charge in [0.15, 0.2) is 11.5 Å². The van der Waals surface area contributed by atoms with Crippen molar-refractivity contribution < 1.29 is 18.8 Å². The minimum atomic E-state index is -0.535. The lowest BCUT2D eigenvalue weighted by atomic mass is 10.0. The number of nitrogens with zero attached hydrogens (tertiary/aromatic N) is 3. The van der Waals surface area contributed by atoms with Gasteiger partial charge in [-0.1, -0.05) is 23.7 Å². The average Bonchev–Trinajstić information content (AvgIpc) is 3.37. The smallest absolute Gasteiger partial charge is 0.276 e. The zero-order valence-corrected chi connectivity index (χ0v) is 21.1. The second-order valence-electron chi connectivity index (χ2n) is 8.90. The van der Waals surface area contributed by atoms with Gasteiger partial charge >= 0.3 is 0 Å². The van der Waals surface area contributed by atoms with Crippen molar-refractivity contribution in [3.63, 3.8) is 0 Å². The van der Waals surface area contributed by atoms with Crippen molar-refractivity contribution in [1.82, 2.24) is 25.1 Å². The van der Waals surface area contributed by atoms with E-state index in [1.165, 1.54) is 18.5 Å². The van der Waals surface area contributed by atoms with Gasteiger partial charge < -0.3 is 20.5 Å². The number of hydrogen-bond donors (Lipinski definition) is 3. The molecule has 0 atom stereocenters. The monoisotopic (exact) mass is 526 g/mol. The Labute approximate surface area is 219 Å². The van der Waals surface area contributed by atoms with Gasteiger partial charge in [-0.15, -0.1) is 0 Å². The van der Waals surface area contributed by atoms with E-state index >= 15 is 0 Å². The topological polar surface area (TPSA) is 110 Å². The number of aromatic amines is 1. The van der Waals surface area contributed by atoms with E-state index in [4.69, 9.17) is 11.6 Å². The zero-order chi connectivity index (χ0) is 26.4. The molecular formula is C26H28ClFN6O3. The van der Waals surface area contributed by atoms with Crippen molar-refractivity contribution in [2.75, 3.05) is 51.6 Å². The molecule has 4 rings (SSSR count). The number of amides is 2. The molecule has 3 aromatic rings. The van der Waals surface area contributed by atoms with Gasteiger partial charge in [-0.2, -0.15) is 0 Å². The number of ketones is 1. The van der Waals surface area contributed by atoms with Crippen LogP contribution in [0.25, 0.3) is 0 Å². The summed E-state index contributed by atoms with van der Waals surface area (Å²) in [6.07, 6.45) is 1.37. The molecule has 1 aliphatic rings. The SMILES string of the molecule is CN1CCN(CCNC(=O)c2[nH]cnc2C(=O)Nc2ccc(CC(=O)c3ccc(F)cc3Cl)cc2)CC1. The first kappa shape index (κ1) is 26.5. The fourth-order valence-corrected chi connectivity index (χ4v) is 4.29. The van der Waals surface area contributed by atoms with E-state index in [1.807, 2.05) is 0 Å². The molecule has 0 spiro atoms. The maximum absolute atomic E-state index is 13.2. The average molecular weight is 527 g/mol. The van der Waals surface area contributed by atoms with Gasteiger partial charge in [0, 0.05) is 56.9 Å². The first-order valence-corrected chi connectivity index (χ1v) is 12.3. The van der Waals surface area contributed by atoms with Crippen LogP contribution in [0.15, 0.2) is 48.8 Å². The molecule has 0 saturated carbocycles. The Morgan fingerprint density at radius 2 is 1.78 bits per heavy atom. The number of carbonyl (C=O) groups excluding carboxylic acids is 3. The number of aromatic nitrogens is 2. The summed E-state index contributed by atoms with van der Waals surface area (Å²) in [5.74, 6) is -1.69. The van der Waals surface area contributed by atoms with Crippen LogP contribution in [-0.2, 0) is 6.42 Å².